The van der Waals surface area contributed by atoms with Crippen LogP contribution in [0.2, 0.25) is 0 Å². The van der Waals surface area contributed by atoms with E-state index in [0.717, 1.165) is 19.3 Å². The van der Waals surface area contributed by atoms with Crippen LogP contribution in [0.5, 0.6) is 0 Å². The summed E-state index contributed by atoms with van der Waals surface area (Å²) >= 11 is 0. The molecule has 0 aromatic heterocycles. The zero-order valence-corrected chi connectivity index (χ0v) is 9.16. The van der Waals surface area contributed by atoms with Crippen molar-refractivity contribution in [2.45, 2.75) is 51.5 Å². The first-order valence-corrected chi connectivity index (χ1v) is 5.65. The van der Waals surface area contributed by atoms with Crippen LogP contribution in [0.3, 0.4) is 0 Å². The maximum absolute atomic E-state index is 11.4. The molecular weight excluding hydrogens is 194 g/mol. The highest BCUT2D eigenvalue weighted by atomic mass is 16.4. The molecule has 1 fully saturated rings. The van der Waals surface area contributed by atoms with Crippen molar-refractivity contribution in [1.82, 2.24) is 5.32 Å². The van der Waals surface area contributed by atoms with E-state index in [1.807, 2.05) is 6.92 Å². The molecule has 0 aromatic carbocycles. The fourth-order valence-electron chi connectivity index (χ4n) is 1.97. The van der Waals surface area contributed by atoms with Crippen molar-refractivity contribution in [3.8, 4) is 0 Å². The van der Waals surface area contributed by atoms with E-state index in [0.29, 0.717) is 19.3 Å². The molecule has 1 aliphatic rings. The molecule has 0 unspecified atom stereocenters. The maximum atomic E-state index is 11.4. The van der Waals surface area contributed by atoms with Gasteiger partial charge in [0.15, 0.2) is 0 Å². The van der Waals surface area contributed by atoms with Gasteiger partial charge in [-0.15, -0.1) is 0 Å². The summed E-state index contributed by atoms with van der Waals surface area (Å²) < 4.78 is 0. The third-order valence-electron chi connectivity index (χ3n) is 2.90. The highest BCUT2D eigenvalue weighted by molar-refractivity contribution is 5.76. The third-order valence-corrected chi connectivity index (χ3v) is 2.90. The normalized spacial score (nSPS) is 25.1. The molecule has 4 nitrogen and oxygen atoms in total. The zero-order valence-electron chi connectivity index (χ0n) is 9.16. The Kier molecular flexibility index (Phi) is 4.59. The molecule has 2 N–H and O–H groups in total. The number of hydrogen-bond donors (Lipinski definition) is 2. The van der Waals surface area contributed by atoms with Crippen LogP contribution in [0.15, 0.2) is 0 Å². The van der Waals surface area contributed by atoms with E-state index in [-0.39, 0.29) is 17.9 Å². The summed E-state index contributed by atoms with van der Waals surface area (Å²) in [5, 5.41) is 11.7. The Bertz CT molecular complexity index is 240. The third kappa shape index (κ3) is 3.90. The Morgan fingerprint density at radius 3 is 2.67 bits per heavy atom. The summed E-state index contributed by atoms with van der Waals surface area (Å²) in [6, 6.07) is 0.0791. The van der Waals surface area contributed by atoms with E-state index >= 15 is 0 Å². The Hall–Kier alpha value is -1.06. The fourth-order valence-corrected chi connectivity index (χ4v) is 1.97. The van der Waals surface area contributed by atoms with Gasteiger partial charge < -0.3 is 10.4 Å². The second-order valence-electron chi connectivity index (χ2n) is 4.22. The minimum atomic E-state index is -0.736. The molecule has 15 heavy (non-hydrogen) atoms. The Labute approximate surface area is 90.0 Å². The van der Waals surface area contributed by atoms with Crippen LogP contribution in [0, 0.1) is 5.92 Å². The summed E-state index contributed by atoms with van der Waals surface area (Å²) in [6.45, 7) is 2.04. The van der Waals surface area contributed by atoms with Crippen molar-refractivity contribution in [2.75, 3.05) is 0 Å². The van der Waals surface area contributed by atoms with Gasteiger partial charge in [-0.3, -0.25) is 9.59 Å². The molecule has 0 spiro atoms. The standard InChI is InChI=1S/C11H19NO3/c1-2-3-4-10(13)12-9-6-5-8(7-9)11(14)15/h8-9H,2-7H2,1H3,(H,12,13)(H,14,15)/t8-,9+/m0/s1. The van der Waals surface area contributed by atoms with Gasteiger partial charge >= 0.3 is 5.97 Å². The molecule has 2 atom stereocenters. The van der Waals surface area contributed by atoms with Crippen LogP contribution in [-0.2, 0) is 9.59 Å². The number of amides is 1. The lowest BCUT2D eigenvalue weighted by molar-refractivity contribution is -0.141. The molecule has 1 amide bonds. The number of unbranched alkanes of at least 4 members (excludes halogenated alkanes) is 1. The van der Waals surface area contributed by atoms with Gasteiger partial charge in [-0.1, -0.05) is 13.3 Å². The van der Waals surface area contributed by atoms with Gasteiger partial charge in [-0.05, 0) is 25.7 Å². The lowest BCUT2D eigenvalue weighted by Gasteiger charge is -2.11. The van der Waals surface area contributed by atoms with Crippen molar-refractivity contribution in [1.29, 1.82) is 0 Å². The first-order valence-electron chi connectivity index (χ1n) is 5.65. The van der Waals surface area contributed by atoms with E-state index in [1.165, 1.54) is 0 Å². The predicted molar refractivity (Wildman–Crippen MR) is 56.4 cm³/mol. The summed E-state index contributed by atoms with van der Waals surface area (Å²) in [5.41, 5.74) is 0. The highest BCUT2D eigenvalue weighted by Gasteiger charge is 2.30. The van der Waals surface area contributed by atoms with Crippen LogP contribution >= 0.6 is 0 Å². The van der Waals surface area contributed by atoms with E-state index in [2.05, 4.69) is 5.32 Å². The SMILES string of the molecule is CCCCC(=O)N[C@@H]1CC[C@H](C(=O)O)C1. The number of carboxylic acid groups (broad SMARTS) is 1. The van der Waals surface area contributed by atoms with Gasteiger partial charge in [0.25, 0.3) is 0 Å². The Morgan fingerprint density at radius 1 is 1.40 bits per heavy atom. The number of carbonyl (C=O) groups excluding carboxylic acids is 1. The zero-order chi connectivity index (χ0) is 11.3. The lowest BCUT2D eigenvalue weighted by Crippen LogP contribution is -2.33. The van der Waals surface area contributed by atoms with Crippen LogP contribution in [0.1, 0.15) is 45.4 Å². The molecule has 0 aliphatic heterocycles. The molecular formula is C11H19NO3. The van der Waals surface area contributed by atoms with E-state index < -0.39 is 5.97 Å². The second kappa shape index (κ2) is 5.73. The number of rotatable bonds is 5. The summed E-state index contributed by atoms with van der Waals surface area (Å²) in [5.74, 6) is -0.935. The number of carbonyl (C=O) groups is 2. The number of aliphatic carboxylic acids is 1. The molecule has 0 aromatic rings. The fraction of sp³-hybridized carbons (Fsp3) is 0.818. The molecule has 1 saturated carbocycles. The van der Waals surface area contributed by atoms with Crippen molar-refractivity contribution < 1.29 is 14.7 Å². The minimum absolute atomic E-state index is 0.0629. The first-order chi connectivity index (χ1) is 7.13. The van der Waals surface area contributed by atoms with Gasteiger partial charge in [-0.25, -0.2) is 0 Å². The van der Waals surface area contributed by atoms with Gasteiger partial charge in [0.1, 0.15) is 0 Å². The molecule has 0 bridgehead atoms. The highest BCUT2D eigenvalue weighted by Crippen LogP contribution is 2.25. The van der Waals surface area contributed by atoms with Crippen molar-refractivity contribution >= 4 is 11.9 Å². The van der Waals surface area contributed by atoms with Crippen LogP contribution < -0.4 is 5.32 Å². The predicted octanol–water partition coefficient (Wildman–Crippen LogP) is 1.55. The quantitative estimate of drug-likeness (QED) is 0.728. The molecule has 0 heterocycles. The maximum Gasteiger partial charge on any atom is 0.306 e. The smallest absolute Gasteiger partial charge is 0.306 e. The van der Waals surface area contributed by atoms with Crippen LogP contribution in [0.25, 0.3) is 0 Å². The first kappa shape index (κ1) is 12.0. The molecule has 86 valence electrons. The van der Waals surface area contributed by atoms with Crippen LogP contribution in [-0.4, -0.2) is 23.0 Å². The summed E-state index contributed by atoms with van der Waals surface area (Å²) in [7, 11) is 0. The Morgan fingerprint density at radius 2 is 2.13 bits per heavy atom. The van der Waals surface area contributed by atoms with Crippen molar-refractivity contribution in [3.05, 3.63) is 0 Å². The molecule has 1 aliphatic carbocycles. The van der Waals surface area contributed by atoms with Crippen molar-refractivity contribution in [3.63, 3.8) is 0 Å². The average molecular weight is 213 g/mol. The monoisotopic (exact) mass is 213 g/mol. The van der Waals surface area contributed by atoms with Crippen LogP contribution in [0.4, 0.5) is 0 Å². The number of hydrogen-bond acceptors (Lipinski definition) is 2. The van der Waals surface area contributed by atoms with Gasteiger partial charge in [0.05, 0.1) is 5.92 Å². The molecule has 1 rings (SSSR count). The van der Waals surface area contributed by atoms with Gasteiger partial charge in [0, 0.05) is 12.5 Å². The summed E-state index contributed by atoms with van der Waals surface area (Å²) in [6.07, 6.45) is 4.55. The van der Waals surface area contributed by atoms with Gasteiger partial charge in [0.2, 0.25) is 5.91 Å². The Balaban J connectivity index is 2.23. The molecule has 0 radical (unpaired) electrons. The molecule has 0 saturated heterocycles. The largest absolute Gasteiger partial charge is 0.481 e. The number of nitrogens with one attached hydrogen (secondary N) is 1. The average Bonchev–Trinajstić information content (AvgIpc) is 2.63. The second-order valence-corrected chi connectivity index (χ2v) is 4.22. The van der Waals surface area contributed by atoms with E-state index in [4.69, 9.17) is 5.11 Å². The van der Waals surface area contributed by atoms with Crippen molar-refractivity contribution in [2.24, 2.45) is 5.92 Å². The lowest BCUT2D eigenvalue weighted by atomic mass is 10.1. The topological polar surface area (TPSA) is 66.4 Å². The van der Waals surface area contributed by atoms with Gasteiger partial charge in [-0.2, -0.15) is 0 Å². The number of carboxylic acids is 1. The van der Waals surface area contributed by atoms with E-state index in [1.54, 1.807) is 0 Å². The summed E-state index contributed by atoms with van der Waals surface area (Å²) in [4.78, 5) is 22.1. The molecule has 4 heteroatoms. The van der Waals surface area contributed by atoms with E-state index in [9.17, 15) is 9.59 Å². The minimum Gasteiger partial charge on any atom is -0.481 e.